The van der Waals surface area contributed by atoms with Gasteiger partial charge in [0.15, 0.2) is 0 Å². The van der Waals surface area contributed by atoms with Crippen LogP contribution in [0.25, 0.3) is 0 Å². The zero-order valence-electron chi connectivity index (χ0n) is 10.8. The molecule has 0 bridgehead atoms. The maximum atomic E-state index is 12.0. The van der Waals surface area contributed by atoms with Crippen LogP contribution in [0.5, 0.6) is 0 Å². The van der Waals surface area contributed by atoms with Crippen molar-refractivity contribution in [3.05, 3.63) is 11.6 Å². The maximum absolute atomic E-state index is 12.0. The van der Waals surface area contributed by atoms with Crippen molar-refractivity contribution >= 4 is 5.91 Å². The van der Waals surface area contributed by atoms with E-state index in [9.17, 15) is 4.79 Å². The van der Waals surface area contributed by atoms with Crippen LogP contribution >= 0.6 is 0 Å². The summed E-state index contributed by atoms with van der Waals surface area (Å²) < 4.78 is 0. The fourth-order valence-corrected chi connectivity index (χ4v) is 2.82. The predicted octanol–water partition coefficient (Wildman–Crippen LogP) is 1.99. The molecule has 2 unspecified atom stereocenters. The van der Waals surface area contributed by atoms with E-state index >= 15 is 0 Å². The van der Waals surface area contributed by atoms with Crippen LogP contribution in [-0.2, 0) is 4.79 Å². The van der Waals surface area contributed by atoms with Gasteiger partial charge in [0, 0.05) is 6.54 Å². The summed E-state index contributed by atoms with van der Waals surface area (Å²) in [5.74, 6) is 0.658. The van der Waals surface area contributed by atoms with E-state index in [0.29, 0.717) is 5.92 Å². The van der Waals surface area contributed by atoms with Gasteiger partial charge in [0.2, 0.25) is 5.91 Å². The molecule has 1 heterocycles. The van der Waals surface area contributed by atoms with Crippen molar-refractivity contribution in [3.63, 3.8) is 0 Å². The zero-order valence-corrected chi connectivity index (χ0v) is 10.8. The molecule has 2 atom stereocenters. The first-order valence-corrected chi connectivity index (χ1v) is 6.96. The van der Waals surface area contributed by atoms with E-state index in [2.05, 4.69) is 23.6 Å². The van der Waals surface area contributed by atoms with Gasteiger partial charge in [-0.1, -0.05) is 18.6 Å². The van der Waals surface area contributed by atoms with E-state index in [-0.39, 0.29) is 11.9 Å². The van der Waals surface area contributed by atoms with E-state index in [0.717, 1.165) is 25.9 Å². The zero-order chi connectivity index (χ0) is 12.1. The Morgan fingerprint density at radius 2 is 2.41 bits per heavy atom. The lowest BCUT2D eigenvalue weighted by Gasteiger charge is -2.28. The smallest absolute Gasteiger partial charge is 0.237 e. The van der Waals surface area contributed by atoms with E-state index < -0.39 is 0 Å². The van der Waals surface area contributed by atoms with Gasteiger partial charge in [-0.2, -0.15) is 0 Å². The van der Waals surface area contributed by atoms with Crippen molar-refractivity contribution in [2.45, 2.75) is 51.5 Å². The predicted molar refractivity (Wildman–Crippen MR) is 69.7 cm³/mol. The molecular weight excluding hydrogens is 212 g/mol. The topological polar surface area (TPSA) is 41.1 Å². The second kappa shape index (κ2) is 6.20. The summed E-state index contributed by atoms with van der Waals surface area (Å²) in [5.41, 5.74) is 1.52. The van der Waals surface area contributed by atoms with Crippen LogP contribution in [0, 0.1) is 5.92 Å². The van der Waals surface area contributed by atoms with Crippen LogP contribution in [0.4, 0.5) is 0 Å². The molecule has 17 heavy (non-hydrogen) atoms. The number of carbonyl (C=O) groups is 1. The summed E-state index contributed by atoms with van der Waals surface area (Å²) in [4.78, 5) is 12.0. The molecule has 0 aromatic rings. The number of nitrogens with one attached hydrogen (secondary N) is 2. The van der Waals surface area contributed by atoms with Crippen LogP contribution in [0.2, 0.25) is 0 Å². The summed E-state index contributed by atoms with van der Waals surface area (Å²) in [5, 5.41) is 6.39. The Morgan fingerprint density at radius 1 is 1.53 bits per heavy atom. The molecular formula is C14H24N2O. The van der Waals surface area contributed by atoms with Gasteiger partial charge in [-0.3, -0.25) is 4.79 Å². The Morgan fingerprint density at radius 3 is 3.12 bits per heavy atom. The first-order valence-electron chi connectivity index (χ1n) is 6.96. The van der Waals surface area contributed by atoms with Gasteiger partial charge in [0.05, 0.1) is 6.04 Å². The average molecular weight is 236 g/mol. The fourth-order valence-electron chi connectivity index (χ4n) is 2.82. The molecule has 1 aliphatic carbocycles. The molecule has 0 spiro atoms. The first kappa shape index (κ1) is 12.6. The Kier molecular flexibility index (Phi) is 4.60. The minimum atomic E-state index is 0.0290. The summed E-state index contributed by atoms with van der Waals surface area (Å²) in [6.45, 7) is 3.94. The van der Waals surface area contributed by atoms with E-state index in [1.54, 1.807) is 0 Å². The van der Waals surface area contributed by atoms with Crippen molar-refractivity contribution in [2.75, 3.05) is 13.1 Å². The van der Waals surface area contributed by atoms with Gasteiger partial charge in [0.25, 0.3) is 0 Å². The molecule has 2 N–H and O–H groups in total. The lowest BCUT2D eigenvalue weighted by Crippen LogP contribution is -2.51. The van der Waals surface area contributed by atoms with Crippen molar-refractivity contribution in [1.29, 1.82) is 0 Å². The molecule has 2 rings (SSSR count). The number of allylic oxidation sites excluding steroid dienone is 1. The van der Waals surface area contributed by atoms with Crippen LogP contribution in [-0.4, -0.2) is 25.0 Å². The molecule has 1 amide bonds. The molecule has 3 nitrogen and oxygen atoms in total. The highest BCUT2D eigenvalue weighted by molar-refractivity contribution is 5.82. The first-order chi connectivity index (χ1) is 8.27. The highest BCUT2D eigenvalue weighted by atomic mass is 16.2. The van der Waals surface area contributed by atoms with Crippen LogP contribution in [0.3, 0.4) is 0 Å². The summed E-state index contributed by atoms with van der Waals surface area (Å²) >= 11 is 0. The summed E-state index contributed by atoms with van der Waals surface area (Å²) in [6, 6.07) is 0.0290. The largest absolute Gasteiger partial charge is 0.354 e. The SMILES string of the molecule is CC1CCCNC1C(=O)NCCC1=CCCC1. The van der Waals surface area contributed by atoms with E-state index in [1.165, 1.54) is 31.3 Å². The third-order valence-corrected chi connectivity index (χ3v) is 3.93. The Hall–Kier alpha value is -0.830. The van der Waals surface area contributed by atoms with Crippen LogP contribution in [0.15, 0.2) is 11.6 Å². The fraction of sp³-hybridized carbons (Fsp3) is 0.786. The Bertz CT molecular complexity index is 299. The maximum Gasteiger partial charge on any atom is 0.237 e. The Balaban J connectivity index is 1.69. The van der Waals surface area contributed by atoms with Gasteiger partial charge in [-0.15, -0.1) is 0 Å². The second-order valence-electron chi connectivity index (χ2n) is 5.35. The van der Waals surface area contributed by atoms with Crippen LogP contribution < -0.4 is 10.6 Å². The normalized spacial score (nSPS) is 28.9. The third-order valence-electron chi connectivity index (χ3n) is 3.93. The second-order valence-corrected chi connectivity index (χ2v) is 5.35. The lowest BCUT2D eigenvalue weighted by atomic mass is 9.92. The van der Waals surface area contributed by atoms with Crippen LogP contribution in [0.1, 0.15) is 45.4 Å². The molecule has 96 valence electrons. The van der Waals surface area contributed by atoms with Gasteiger partial charge >= 0.3 is 0 Å². The molecule has 3 heteroatoms. The number of hydrogen-bond donors (Lipinski definition) is 2. The molecule has 1 saturated heterocycles. The minimum absolute atomic E-state index is 0.0290. The van der Waals surface area contributed by atoms with E-state index in [4.69, 9.17) is 0 Å². The molecule has 0 aromatic heterocycles. The lowest BCUT2D eigenvalue weighted by molar-refractivity contribution is -0.124. The number of amides is 1. The molecule has 2 aliphatic rings. The third kappa shape index (κ3) is 3.56. The number of hydrogen-bond acceptors (Lipinski definition) is 2. The quantitative estimate of drug-likeness (QED) is 0.733. The number of carbonyl (C=O) groups excluding carboxylic acids is 1. The van der Waals surface area contributed by atoms with Crippen molar-refractivity contribution in [1.82, 2.24) is 10.6 Å². The number of piperidine rings is 1. The average Bonchev–Trinajstić information content (AvgIpc) is 2.82. The van der Waals surface area contributed by atoms with Crippen molar-refractivity contribution < 1.29 is 4.79 Å². The molecule has 0 aromatic carbocycles. The molecule has 1 aliphatic heterocycles. The van der Waals surface area contributed by atoms with Gasteiger partial charge in [-0.05, 0) is 51.0 Å². The summed E-state index contributed by atoms with van der Waals surface area (Å²) in [7, 11) is 0. The van der Waals surface area contributed by atoms with Gasteiger partial charge < -0.3 is 10.6 Å². The standard InChI is InChI=1S/C14H24N2O/c1-11-5-4-9-15-13(11)14(17)16-10-8-12-6-2-3-7-12/h6,11,13,15H,2-5,7-10H2,1H3,(H,16,17). The van der Waals surface area contributed by atoms with Gasteiger partial charge in [0.1, 0.15) is 0 Å². The minimum Gasteiger partial charge on any atom is -0.354 e. The molecule has 0 radical (unpaired) electrons. The van der Waals surface area contributed by atoms with Crippen molar-refractivity contribution in [3.8, 4) is 0 Å². The van der Waals surface area contributed by atoms with Crippen molar-refractivity contribution in [2.24, 2.45) is 5.92 Å². The van der Waals surface area contributed by atoms with E-state index in [1.807, 2.05) is 0 Å². The Labute approximate surface area is 104 Å². The monoisotopic (exact) mass is 236 g/mol. The van der Waals surface area contributed by atoms with Gasteiger partial charge in [-0.25, -0.2) is 0 Å². The summed E-state index contributed by atoms with van der Waals surface area (Å²) in [6.07, 6.45) is 9.47. The number of rotatable bonds is 4. The highest BCUT2D eigenvalue weighted by Gasteiger charge is 2.26. The highest BCUT2D eigenvalue weighted by Crippen LogP contribution is 2.20. The molecule has 1 fully saturated rings. The molecule has 0 saturated carbocycles.